The Bertz CT molecular complexity index is 275. The molecular formula is C17H28O. The molecular weight excluding hydrogens is 220 g/mol. The SMILES string of the molecule is C=CCO[C@H](CC/C=C\CC)CCC1=CCCC1. The highest BCUT2D eigenvalue weighted by atomic mass is 16.5. The third kappa shape index (κ3) is 6.80. The van der Waals surface area contributed by atoms with Crippen molar-refractivity contribution in [2.24, 2.45) is 0 Å². The third-order valence-corrected chi connectivity index (χ3v) is 3.43. The molecule has 1 rings (SSSR count). The fraction of sp³-hybridized carbons (Fsp3) is 0.647. The van der Waals surface area contributed by atoms with Crippen molar-refractivity contribution in [2.45, 2.75) is 64.4 Å². The standard InChI is InChI=1S/C17H28O/c1-3-5-6-7-12-17(18-15-4-2)14-13-16-10-8-9-11-16/h4-6,10,17H,2-3,7-9,11-15H2,1H3/b6-5-/t17-/m1/s1. The molecule has 0 saturated carbocycles. The van der Waals surface area contributed by atoms with Gasteiger partial charge in [-0.1, -0.05) is 36.8 Å². The lowest BCUT2D eigenvalue weighted by atomic mass is 10.0. The Morgan fingerprint density at radius 1 is 1.39 bits per heavy atom. The van der Waals surface area contributed by atoms with Crippen LogP contribution in [0, 0.1) is 0 Å². The molecule has 1 aliphatic rings. The van der Waals surface area contributed by atoms with Gasteiger partial charge in [-0.15, -0.1) is 6.58 Å². The molecule has 0 aliphatic heterocycles. The van der Waals surface area contributed by atoms with E-state index >= 15 is 0 Å². The Kier molecular flexibility index (Phi) is 8.58. The van der Waals surface area contributed by atoms with Crippen molar-refractivity contribution < 1.29 is 4.74 Å². The summed E-state index contributed by atoms with van der Waals surface area (Å²) < 4.78 is 5.85. The lowest BCUT2D eigenvalue weighted by Crippen LogP contribution is -2.13. The van der Waals surface area contributed by atoms with Crippen LogP contribution in [-0.2, 0) is 4.74 Å². The fourth-order valence-electron chi connectivity index (χ4n) is 2.39. The molecule has 0 bridgehead atoms. The van der Waals surface area contributed by atoms with E-state index in [0.717, 1.165) is 19.3 Å². The molecule has 0 unspecified atom stereocenters. The number of hydrogen-bond donors (Lipinski definition) is 0. The van der Waals surface area contributed by atoms with E-state index in [9.17, 15) is 0 Å². The summed E-state index contributed by atoms with van der Waals surface area (Å²) >= 11 is 0. The molecule has 0 N–H and O–H groups in total. The average Bonchev–Trinajstić information content (AvgIpc) is 2.90. The van der Waals surface area contributed by atoms with Gasteiger partial charge in [0.25, 0.3) is 0 Å². The van der Waals surface area contributed by atoms with Crippen LogP contribution < -0.4 is 0 Å². The molecule has 0 aromatic rings. The van der Waals surface area contributed by atoms with Crippen molar-refractivity contribution in [3.05, 3.63) is 36.5 Å². The van der Waals surface area contributed by atoms with Crippen LogP contribution in [0.15, 0.2) is 36.5 Å². The van der Waals surface area contributed by atoms with E-state index in [1.54, 1.807) is 5.57 Å². The molecule has 0 aromatic heterocycles. The van der Waals surface area contributed by atoms with Crippen molar-refractivity contribution in [1.82, 2.24) is 0 Å². The van der Waals surface area contributed by atoms with Crippen LogP contribution in [0.4, 0.5) is 0 Å². The Hall–Kier alpha value is -0.820. The molecule has 18 heavy (non-hydrogen) atoms. The van der Waals surface area contributed by atoms with Crippen LogP contribution >= 0.6 is 0 Å². The van der Waals surface area contributed by atoms with E-state index < -0.39 is 0 Å². The summed E-state index contributed by atoms with van der Waals surface area (Å²) in [6, 6.07) is 0. The van der Waals surface area contributed by atoms with Crippen molar-refractivity contribution in [2.75, 3.05) is 6.61 Å². The van der Waals surface area contributed by atoms with E-state index in [0.29, 0.717) is 12.7 Å². The molecule has 102 valence electrons. The predicted octanol–water partition coefficient (Wildman–Crippen LogP) is 5.19. The molecule has 1 atom stereocenters. The highest BCUT2D eigenvalue weighted by molar-refractivity contribution is 5.07. The van der Waals surface area contributed by atoms with Gasteiger partial charge in [0, 0.05) is 0 Å². The molecule has 0 amide bonds. The summed E-state index contributed by atoms with van der Waals surface area (Å²) in [4.78, 5) is 0. The maximum Gasteiger partial charge on any atom is 0.0648 e. The van der Waals surface area contributed by atoms with E-state index in [2.05, 4.69) is 31.7 Å². The van der Waals surface area contributed by atoms with Crippen LogP contribution in [0.25, 0.3) is 0 Å². The van der Waals surface area contributed by atoms with Gasteiger partial charge < -0.3 is 4.74 Å². The maximum atomic E-state index is 5.85. The first kappa shape index (κ1) is 15.2. The van der Waals surface area contributed by atoms with Crippen LogP contribution in [-0.4, -0.2) is 12.7 Å². The molecule has 0 radical (unpaired) electrons. The zero-order chi connectivity index (χ0) is 13.1. The second-order valence-corrected chi connectivity index (χ2v) is 4.99. The Labute approximate surface area is 113 Å². The van der Waals surface area contributed by atoms with Crippen molar-refractivity contribution in [3.63, 3.8) is 0 Å². The quantitative estimate of drug-likeness (QED) is 0.483. The summed E-state index contributed by atoms with van der Waals surface area (Å²) in [5, 5.41) is 0. The van der Waals surface area contributed by atoms with Gasteiger partial charge in [0.15, 0.2) is 0 Å². The Morgan fingerprint density at radius 2 is 2.28 bits per heavy atom. The van der Waals surface area contributed by atoms with Crippen LogP contribution in [0.5, 0.6) is 0 Å². The summed E-state index contributed by atoms with van der Waals surface area (Å²) in [7, 11) is 0. The van der Waals surface area contributed by atoms with Gasteiger partial charge in [0.1, 0.15) is 0 Å². The van der Waals surface area contributed by atoms with Crippen LogP contribution in [0.3, 0.4) is 0 Å². The lowest BCUT2D eigenvalue weighted by Gasteiger charge is -2.16. The normalized spacial score (nSPS) is 17.1. The van der Waals surface area contributed by atoms with E-state index in [-0.39, 0.29) is 0 Å². The smallest absolute Gasteiger partial charge is 0.0648 e. The molecule has 0 heterocycles. The minimum Gasteiger partial charge on any atom is -0.374 e. The zero-order valence-corrected chi connectivity index (χ0v) is 11.9. The highest BCUT2D eigenvalue weighted by Gasteiger charge is 2.11. The molecule has 0 spiro atoms. The van der Waals surface area contributed by atoms with Crippen molar-refractivity contribution in [3.8, 4) is 0 Å². The third-order valence-electron chi connectivity index (χ3n) is 3.43. The van der Waals surface area contributed by atoms with Gasteiger partial charge in [-0.05, 0) is 51.4 Å². The Morgan fingerprint density at radius 3 is 2.94 bits per heavy atom. The second-order valence-electron chi connectivity index (χ2n) is 4.99. The maximum absolute atomic E-state index is 5.85. The van der Waals surface area contributed by atoms with E-state index in [1.807, 2.05) is 6.08 Å². The van der Waals surface area contributed by atoms with Crippen LogP contribution in [0.1, 0.15) is 58.3 Å². The number of ether oxygens (including phenoxy) is 1. The minimum atomic E-state index is 0.394. The van der Waals surface area contributed by atoms with Gasteiger partial charge >= 0.3 is 0 Å². The topological polar surface area (TPSA) is 9.23 Å². The number of allylic oxidation sites excluding steroid dienone is 4. The Balaban J connectivity index is 2.24. The summed E-state index contributed by atoms with van der Waals surface area (Å²) in [6.45, 7) is 6.59. The first-order chi connectivity index (χ1) is 8.86. The van der Waals surface area contributed by atoms with Gasteiger partial charge in [-0.25, -0.2) is 0 Å². The first-order valence-corrected chi connectivity index (χ1v) is 7.42. The molecule has 0 aromatic carbocycles. The fourth-order valence-corrected chi connectivity index (χ4v) is 2.39. The van der Waals surface area contributed by atoms with Gasteiger partial charge in [0.2, 0.25) is 0 Å². The molecule has 0 fully saturated rings. The summed E-state index contributed by atoms with van der Waals surface area (Å²) in [5.41, 5.74) is 1.64. The monoisotopic (exact) mass is 248 g/mol. The molecule has 0 saturated heterocycles. The van der Waals surface area contributed by atoms with Crippen molar-refractivity contribution in [1.29, 1.82) is 0 Å². The van der Waals surface area contributed by atoms with E-state index in [1.165, 1.54) is 32.1 Å². The first-order valence-electron chi connectivity index (χ1n) is 7.42. The van der Waals surface area contributed by atoms with E-state index in [4.69, 9.17) is 4.74 Å². The number of rotatable bonds is 10. The lowest BCUT2D eigenvalue weighted by molar-refractivity contribution is 0.0624. The largest absolute Gasteiger partial charge is 0.374 e. The summed E-state index contributed by atoms with van der Waals surface area (Å²) in [6.07, 6.45) is 18.9. The average molecular weight is 248 g/mol. The van der Waals surface area contributed by atoms with Gasteiger partial charge in [-0.2, -0.15) is 0 Å². The molecule has 1 aliphatic carbocycles. The highest BCUT2D eigenvalue weighted by Crippen LogP contribution is 2.24. The zero-order valence-electron chi connectivity index (χ0n) is 11.9. The van der Waals surface area contributed by atoms with Crippen molar-refractivity contribution >= 4 is 0 Å². The molecule has 1 nitrogen and oxygen atoms in total. The predicted molar refractivity (Wildman–Crippen MR) is 79.8 cm³/mol. The van der Waals surface area contributed by atoms with Crippen LogP contribution in [0.2, 0.25) is 0 Å². The van der Waals surface area contributed by atoms with Gasteiger partial charge in [0.05, 0.1) is 12.7 Å². The summed E-state index contributed by atoms with van der Waals surface area (Å²) in [5.74, 6) is 0. The molecule has 1 heteroatoms. The second kappa shape index (κ2) is 10.1. The minimum absolute atomic E-state index is 0.394. The van der Waals surface area contributed by atoms with Gasteiger partial charge in [-0.3, -0.25) is 0 Å². The number of hydrogen-bond acceptors (Lipinski definition) is 1.